The van der Waals surface area contributed by atoms with E-state index in [9.17, 15) is 0 Å². The van der Waals surface area contributed by atoms with Crippen molar-refractivity contribution in [3.63, 3.8) is 0 Å². The molecule has 0 radical (unpaired) electrons. The fourth-order valence-electron chi connectivity index (χ4n) is 3.79. The van der Waals surface area contributed by atoms with Gasteiger partial charge in [-0.25, -0.2) is 0 Å². The summed E-state index contributed by atoms with van der Waals surface area (Å²) in [5.41, 5.74) is 11.2. The number of H-pyrrole nitrogens is 1. The third kappa shape index (κ3) is 3.46. The molecule has 0 saturated carbocycles. The summed E-state index contributed by atoms with van der Waals surface area (Å²) in [6.45, 7) is 3.30. The summed E-state index contributed by atoms with van der Waals surface area (Å²) in [6.07, 6.45) is 4.79. The molecule has 0 aliphatic carbocycles. The molecule has 5 heteroatoms. The number of nitrogens with zero attached hydrogens (tertiary/aromatic N) is 1. The van der Waals surface area contributed by atoms with Crippen LogP contribution in [0.4, 0.5) is 0 Å². The van der Waals surface area contributed by atoms with Crippen LogP contribution in [-0.2, 0) is 6.42 Å². The molecule has 0 spiro atoms. The fourth-order valence-corrected chi connectivity index (χ4v) is 3.96. The van der Waals surface area contributed by atoms with E-state index in [0.29, 0.717) is 13.2 Å². The Morgan fingerprint density at radius 3 is 2.82 bits per heavy atom. The standard InChI is InChI=1S/C23H24ClN3O/c1-2-28-21-11-9-18(16-7-5-13-26-23(16)21)22-17(6-3-4-12-25)19-14-15(24)8-10-20(19)27-22/h5,7-11,13-14,27H,2-4,6,12,25H2,1H3. The van der Waals surface area contributed by atoms with E-state index in [1.807, 2.05) is 43.5 Å². The van der Waals surface area contributed by atoms with Crippen LogP contribution in [0.25, 0.3) is 33.1 Å². The number of halogens is 1. The lowest BCUT2D eigenvalue weighted by molar-refractivity contribution is 0.343. The highest BCUT2D eigenvalue weighted by atomic mass is 35.5. The van der Waals surface area contributed by atoms with E-state index >= 15 is 0 Å². The zero-order chi connectivity index (χ0) is 19.5. The number of pyridine rings is 1. The van der Waals surface area contributed by atoms with Gasteiger partial charge in [0.05, 0.1) is 12.3 Å². The molecule has 4 nitrogen and oxygen atoms in total. The van der Waals surface area contributed by atoms with Crippen LogP contribution in [0.2, 0.25) is 5.02 Å². The van der Waals surface area contributed by atoms with Gasteiger partial charge in [-0.15, -0.1) is 0 Å². The van der Waals surface area contributed by atoms with E-state index in [2.05, 4.69) is 22.1 Å². The predicted molar refractivity (Wildman–Crippen MR) is 117 cm³/mol. The van der Waals surface area contributed by atoms with Crippen molar-refractivity contribution >= 4 is 33.4 Å². The first-order chi connectivity index (χ1) is 13.7. The van der Waals surface area contributed by atoms with Crippen molar-refractivity contribution in [2.75, 3.05) is 13.2 Å². The van der Waals surface area contributed by atoms with Crippen LogP contribution in [0.15, 0.2) is 48.7 Å². The van der Waals surface area contributed by atoms with Crippen molar-refractivity contribution in [2.45, 2.75) is 26.2 Å². The van der Waals surface area contributed by atoms with Crippen LogP contribution in [0.5, 0.6) is 5.75 Å². The summed E-state index contributed by atoms with van der Waals surface area (Å²) in [4.78, 5) is 8.20. The van der Waals surface area contributed by atoms with E-state index in [-0.39, 0.29) is 0 Å². The van der Waals surface area contributed by atoms with E-state index in [1.54, 1.807) is 0 Å². The van der Waals surface area contributed by atoms with Crippen molar-refractivity contribution in [1.29, 1.82) is 0 Å². The Bertz CT molecular complexity index is 1120. The first kappa shape index (κ1) is 18.8. The summed E-state index contributed by atoms with van der Waals surface area (Å²) in [6, 6.07) is 14.2. The molecule has 0 bridgehead atoms. The van der Waals surface area contributed by atoms with Crippen LogP contribution < -0.4 is 10.5 Å². The number of hydrogen-bond acceptors (Lipinski definition) is 3. The molecule has 2 aromatic carbocycles. The lowest BCUT2D eigenvalue weighted by Crippen LogP contribution is -1.99. The summed E-state index contributed by atoms with van der Waals surface area (Å²) in [5, 5.41) is 2.99. The number of nitrogens with one attached hydrogen (secondary N) is 1. The molecule has 0 aliphatic rings. The molecule has 2 heterocycles. The predicted octanol–water partition coefficient (Wildman–Crippen LogP) is 5.72. The lowest BCUT2D eigenvalue weighted by atomic mass is 9.97. The average molecular weight is 394 g/mol. The number of nitrogens with two attached hydrogens (primary N) is 1. The molecule has 2 aromatic heterocycles. The van der Waals surface area contributed by atoms with Gasteiger partial charge in [-0.05, 0) is 74.7 Å². The Kier molecular flexibility index (Phi) is 5.51. The van der Waals surface area contributed by atoms with Gasteiger partial charge in [0.25, 0.3) is 0 Å². The lowest BCUT2D eigenvalue weighted by Gasteiger charge is -2.12. The number of aromatic amines is 1. The monoisotopic (exact) mass is 393 g/mol. The quantitative estimate of drug-likeness (QED) is 0.395. The highest BCUT2D eigenvalue weighted by molar-refractivity contribution is 6.31. The average Bonchev–Trinajstić information content (AvgIpc) is 3.06. The van der Waals surface area contributed by atoms with Crippen LogP contribution in [-0.4, -0.2) is 23.1 Å². The van der Waals surface area contributed by atoms with Crippen LogP contribution in [0.3, 0.4) is 0 Å². The second-order valence-corrected chi connectivity index (χ2v) is 7.29. The second kappa shape index (κ2) is 8.21. The molecule has 0 unspecified atom stereocenters. The van der Waals surface area contributed by atoms with Crippen LogP contribution >= 0.6 is 11.6 Å². The van der Waals surface area contributed by atoms with Gasteiger partial charge in [0.1, 0.15) is 11.3 Å². The van der Waals surface area contributed by atoms with Crippen molar-refractivity contribution < 1.29 is 4.74 Å². The first-order valence-electron chi connectivity index (χ1n) is 9.74. The number of unbranched alkanes of at least 4 members (excludes halogenated alkanes) is 1. The topological polar surface area (TPSA) is 63.9 Å². The van der Waals surface area contributed by atoms with E-state index in [4.69, 9.17) is 22.1 Å². The molecule has 0 aliphatic heterocycles. The number of hydrogen-bond donors (Lipinski definition) is 2. The molecular weight excluding hydrogens is 370 g/mol. The van der Waals surface area contributed by atoms with E-state index < -0.39 is 0 Å². The van der Waals surface area contributed by atoms with Gasteiger partial charge in [-0.1, -0.05) is 17.7 Å². The second-order valence-electron chi connectivity index (χ2n) is 6.86. The zero-order valence-electron chi connectivity index (χ0n) is 16.0. The highest BCUT2D eigenvalue weighted by Crippen LogP contribution is 2.38. The number of ether oxygens (including phenoxy) is 1. The minimum atomic E-state index is 0.611. The Hall–Kier alpha value is -2.56. The number of aromatic nitrogens is 2. The number of fused-ring (bicyclic) bond motifs is 2. The van der Waals surface area contributed by atoms with Gasteiger partial charge in [0.2, 0.25) is 0 Å². The SMILES string of the molecule is CCOc1ccc(-c2[nH]c3ccc(Cl)cc3c2CCCCN)c2cccnc12. The molecule has 0 saturated heterocycles. The van der Waals surface area contributed by atoms with Gasteiger partial charge in [-0.3, -0.25) is 4.98 Å². The number of aryl methyl sites for hydroxylation is 1. The van der Waals surface area contributed by atoms with Gasteiger partial charge < -0.3 is 15.5 Å². The molecule has 28 heavy (non-hydrogen) atoms. The summed E-state index contributed by atoms with van der Waals surface area (Å²) in [7, 11) is 0. The van der Waals surface area contributed by atoms with Crippen molar-refractivity contribution in [3.8, 4) is 17.0 Å². The Balaban J connectivity index is 1.93. The molecule has 4 aromatic rings. The maximum Gasteiger partial charge on any atom is 0.145 e. The number of rotatable bonds is 7. The first-order valence-corrected chi connectivity index (χ1v) is 10.1. The summed E-state index contributed by atoms with van der Waals surface area (Å²) in [5.74, 6) is 0.811. The van der Waals surface area contributed by atoms with Crippen molar-refractivity contribution in [3.05, 3.63) is 59.2 Å². The summed E-state index contributed by atoms with van der Waals surface area (Å²) < 4.78 is 5.79. The minimum absolute atomic E-state index is 0.611. The van der Waals surface area contributed by atoms with Gasteiger partial charge in [0, 0.05) is 33.1 Å². The van der Waals surface area contributed by atoms with Crippen LogP contribution in [0.1, 0.15) is 25.3 Å². The molecule has 144 valence electrons. The molecule has 4 rings (SSSR count). The highest BCUT2D eigenvalue weighted by Gasteiger charge is 2.17. The largest absolute Gasteiger partial charge is 0.492 e. The third-order valence-corrected chi connectivity index (χ3v) is 5.29. The molecular formula is C23H24ClN3O. The Morgan fingerprint density at radius 1 is 1.11 bits per heavy atom. The van der Waals surface area contributed by atoms with Gasteiger partial charge in [0.15, 0.2) is 0 Å². The van der Waals surface area contributed by atoms with Gasteiger partial charge >= 0.3 is 0 Å². The minimum Gasteiger partial charge on any atom is -0.492 e. The Morgan fingerprint density at radius 2 is 2.00 bits per heavy atom. The van der Waals surface area contributed by atoms with Crippen molar-refractivity contribution in [1.82, 2.24) is 9.97 Å². The van der Waals surface area contributed by atoms with E-state index in [1.165, 1.54) is 10.9 Å². The molecule has 0 fully saturated rings. The molecule has 0 amide bonds. The maximum absolute atomic E-state index is 6.30. The van der Waals surface area contributed by atoms with Gasteiger partial charge in [-0.2, -0.15) is 0 Å². The zero-order valence-corrected chi connectivity index (χ0v) is 16.7. The third-order valence-electron chi connectivity index (χ3n) is 5.05. The van der Waals surface area contributed by atoms with E-state index in [0.717, 1.165) is 57.7 Å². The molecule has 0 atom stereocenters. The number of benzene rings is 2. The summed E-state index contributed by atoms with van der Waals surface area (Å²) >= 11 is 6.30. The molecule has 3 N–H and O–H groups in total. The normalized spacial score (nSPS) is 11.4. The smallest absolute Gasteiger partial charge is 0.145 e. The maximum atomic E-state index is 6.30. The Labute approximate surface area is 169 Å². The van der Waals surface area contributed by atoms with Crippen molar-refractivity contribution in [2.24, 2.45) is 5.73 Å². The fraction of sp³-hybridized carbons (Fsp3) is 0.261. The van der Waals surface area contributed by atoms with Crippen LogP contribution in [0, 0.1) is 0 Å².